The van der Waals surface area contributed by atoms with Gasteiger partial charge >= 0.3 is 0 Å². The Morgan fingerprint density at radius 3 is 2.56 bits per heavy atom. The first-order chi connectivity index (χ1) is 13.3. The van der Waals surface area contributed by atoms with Crippen molar-refractivity contribution < 1.29 is 9.47 Å². The van der Waals surface area contributed by atoms with Crippen molar-refractivity contribution in [2.75, 3.05) is 14.2 Å². The molecule has 1 aliphatic carbocycles. The van der Waals surface area contributed by atoms with Crippen LogP contribution in [0.25, 0.3) is 10.9 Å². The summed E-state index contributed by atoms with van der Waals surface area (Å²) in [6.07, 6.45) is 4.87. The molecule has 2 unspecified atom stereocenters. The molecule has 3 aromatic rings. The van der Waals surface area contributed by atoms with Crippen molar-refractivity contribution in [3.63, 3.8) is 0 Å². The van der Waals surface area contributed by atoms with Crippen LogP contribution >= 0.6 is 0 Å². The molecule has 4 nitrogen and oxygen atoms in total. The average Bonchev–Trinajstić information content (AvgIpc) is 3.16. The molecule has 0 bridgehead atoms. The number of aromatic nitrogens is 1. The van der Waals surface area contributed by atoms with Crippen LogP contribution in [-0.4, -0.2) is 31.0 Å². The fraction of sp³-hybridized carbons (Fsp3) is 0.348. The first kappa shape index (κ1) is 16.4. The fourth-order valence-electron chi connectivity index (χ4n) is 4.69. The van der Waals surface area contributed by atoms with Gasteiger partial charge in [0, 0.05) is 22.4 Å². The largest absolute Gasteiger partial charge is 0.493 e. The number of para-hydroxylation sites is 1. The van der Waals surface area contributed by atoms with E-state index in [1.165, 1.54) is 35.8 Å². The average molecular weight is 360 g/mol. The number of ether oxygens (including phenoxy) is 2. The summed E-state index contributed by atoms with van der Waals surface area (Å²) < 4.78 is 11.2. The minimum Gasteiger partial charge on any atom is -0.493 e. The van der Waals surface area contributed by atoms with Gasteiger partial charge in [0.1, 0.15) is 0 Å². The highest BCUT2D eigenvalue weighted by Gasteiger charge is 2.35. The Balaban J connectivity index is 1.72. The summed E-state index contributed by atoms with van der Waals surface area (Å²) >= 11 is 0. The van der Waals surface area contributed by atoms with E-state index in [0.717, 1.165) is 34.8 Å². The van der Waals surface area contributed by atoms with E-state index in [0.29, 0.717) is 12.0 Å². The molecule has 2 heterocycles. The van der Waals surface area contributed by atoms with Gasteiger partial charge in [0.2, 0.25) is 0 Å². The number of benzene rings is 2. The van der Waals surface area contributed by atoms with Crippen molar-refractivity contribution in [3.8, 4) is 11.5 Å². The van der Waals surface area contributed by atoms with Crippen molar-refractivity contribution in [1.82, 2.24) is 4.98 Å². The Labute approximate surface area is 159 Å². The molecule has 1 fully saturated rings. The minimum absolute atomic E-state index is 0.353. The van der Waals surface area contributed by atoms with E-state index in [1.807, 2.05) is 0 Å². The quantitative estimate of drug-likeness (QED) is 0.709. The third kappa shape index (κ3) is 2.62. The number of nitrogens with zero attached hydrogens (tertiary/aromatic N) is 1. The summed E-state index contributed by atoms with van der Waals surface area (Å²) in [5.41, 5.74) is 5.78. The van der Waals surface area contributed by atoms with Crippen molar-refractivity contribution >= 4 is 16.6 Å². The molecular weight excluding hydrogens is 336 g/mol. The highest BCUT2D eigenvalue weighted by atomic mass is 16.5. The Hall–Kier alpha value is -2.75. The number of fused-ring (bicyclic) bond motifs is 4. The molecule has 2 aliphatic rings. The monoisotopic (exact) mass is 360 g/mol. The Morgan fingerprint density at radius 1 is 0.963 bits per heavy atom. The molecule has 27 heavy (non-hydrogen) atoms. The van der Waals surface area contributed by atoms with Crippen molar-refractivity contribution in [2.45, 2.75) is 37.6 Å². The van der Waals surface area contributed by atoms with Gasteiger partial charge < -0.3 is 14.5 Å². The predicted octanol–water partition coefficient (Wildman–Crippen LogP) is 5.06. The maximum absolute atomic E-state index is 5.60. The molecule has 1 N–H and O–H groups in total. The fourth-order valence-corrected chi connectivity index (χ4v) is 4.69. The molecule has 0 spiro atoms. The van der Waals surface area contributed by atoms with Crippen molar-refractivity contribution in [1.29, 1.82) is 0 Å². The van der Waals surface area contributed by atoms with Crippen LogP contribution in [0.1, 0.15) is 48.4 Å². The molecule has 1 saturated carbocycles. The zero-order valence-electron chi connectivity index (χ0n) is 15.8. The van der Waals surface area contributed by atoms with Gasteiger partial charge in [0.25, 0.3) is 0 Å². The number of hydrogen-bond acceptors (Lipinski definition) is 3. The lowest BCUT2D eigenvalue weighted by Crippen LogP contribution is -2.29. The van der Waals surface area contributed by atoms with E-state index < -0.39 is 0 Å². The van der Waals surface area contributed by atoms with Crippen LogP contribution in [0.2, 0.25) is 0 Å². The summed E-state index contributed by atoms with van der Waals surface area (Å²) in [5.74, 6) is 2.04. The highest BCUT2D eigenvalue weighted by Crippen LogP contribution is 2.44. The standard InChI is InChI=1S/C23H24N2O2/c1-26-21-12-16-15-8-4-6-10-19(15)25-23(17(16)13-22(21)27-2)20-11-14-7-3-5-9-18(14)24-20/h3,5,7,9,11-13,15,19,24H,4,6,8,10H2,1-2H3. The van der Waals surface area contributed by atoms with Crippen molar-refractivity contribution in [3.05, 3.63) is 59.3 Å². The molecular formula is C23H24N2O2. The Morgan fingerprint density at radius 2 is 1.74 bits per heavy atom. The van der Waals surface area contributed by atoms with Crippen LogP contribution in [0.4, 0.5) is 0 Å². The summed E-state index contributed by atoms with van der Waals surface area (Å²) in [5, 5.41) is 1.21. The molecule has 4 heteroatoms. The molecule has 1 aromatic heterocycles. The van der Waals surface area contributed by atoms with Gasteiger partial charge in [-0.2, -0.15) is 0 Å². The SMILES string of the molecule is COc1cc2c(cc1OC)C1CCCCC1N=C2c1cc2ccccc2[nH]1. The number of aliphatic imine (C=N–C) groups is 1. The van der Waals surface area contributed by atoms with Crippen LogP contribution < -0.4 is 9.47 Å². The molecule has 2 aromatic carbocycles. The number of aromatic amines is 1. The second-order valence-electron chi connectivity index (χ2n) is 7.50. The molecule has 5 rings (SSSR count). The Bertz CT molecular complexity index is 1000. The smallest absolute Gasteiger partial charge is 0.161 e. The van der Waals surface area contributed by atoms with E-state index in [4.69, 9.17) is 14.5 Å². The first-order valence-corrected chi connectivity index (χ1v) is 9.70. The van der Waals surface area contributed by atoms with Crippen LogP contribution in [0.3, 0.4) is 0 Å². The van der Waals surface area contributed by atoms with Crippen LogP contribution in [-0.2, 0) is 0 Å². The van der Waals surface area contributed by atoms with Gasteiger partial charge in [-0.3, -0.25) is 4.99 Å². The molecule has 2 atom stereocenters. The van der Waals surface area contributed by atoms with E-state index in [1.54, 1.807) is 14.2 Å². The van der Waals surface area contributed by atoms with E-state index in [-0.39, 0.29) is 0 Å². The lowest BCUT2D eigenvalue weighted by atomic mass is 9.75. The molecule has 0 amide bonds. The molecule has 138 valence electrons. The van der Waals surface area contributed by atoms with Gasteiger partial charge in [-0.25, -0.2) is 0 Å². The third-order valence-electron chi connectivity index (χ3n) is 6.02. The van der Waals surface area contributed by atoms with E-state index in [2.05, 4.69) is 47.4 Å². The maximum atomic E-state index is 5.60. The highest BCUT2D eigenvalue weighted by molar-refractivity contribution is 6.15. The van der Waals surface area contributed by atoms with E-state index in [9.17, 15) is 0 Å². The summed E-state index contributed by atoms with van der Waals surface area (Å²) in [4.78, 5) is 8.80. The number of nitrogens with one attached hydrogen (secondary N) is 1. The predicted molar refractivity (Wildman–Crippen MR) is 108 cm³/mol. The van der Waals surface area contributed by atoms with Gasteiger partial charge in [-0.05, 0) is 42.7 Å². The topological polar surface area (TPSA) is 46.6 Å². The third-order valence-corrected chi connectivity index (χ3v) is 6.02. The van der Waals surface area contributed by atoms with E-state index >= 15 is 0 Å². The normalized spacial score (nSPS) is 21.3. The number of hydrogen-bond donors (Lipinski definition) is 1. The number of methoxy groups -OCH3 is 2. The molecule has 1 aliphatic heterocycles. The zero-order chi connectivity index (χ0) is 18.4. The lowest BCUT2D eigenvalue weighted by Gasteiger charge is -2.35. The zero-order valence-corrected chi connectivity index (χ0v) is 15.8. The summed E-state index contributed by atoms with van der Waals surface area (Å²) in [6, 6.07) is 15.2. The molecule has 0 saturated heterocycles. The number of rotatable bonds is 3. The van der Waals surface area contributed by atoms with Gasteiger partial charge in [-0.1, -0.05) is 31.0 Å². The van der Waals surface area contributed by atoms with Gasteiger partial charge in [-0.15, -0.1) is 0 Å². The second-order valence-corrected chi connectivity index (χ2v) is 7.50. The number of H-pyrrole nitrogens is 1. The maximum Gasteiger partial charge on any atom is 0.161 e. The van der Waals surface area contributed by atoms with Crippen LogP contribution in [0.5, 0.6) is 11.5 Å². The lowest BCUT2D eigenvalue weighted by molar-refractivity contribution is 0.349. The van der Waals surface area contributed by atoms with Gasteiger partial charge in [0.05, 0.1) is 31.7 Å². The Kier molecular flexibility index (Phi) is 3.92. The van der Waals surface area contributed by atoms with Crippen molar-refractivity contribution in [2.24, 2.45) is 4.99 Å². The summed E-state index contributed by atoms with van der Waals surface area (Å²) in [7, 11) is 3.40. The first-order valence-electron chi connectivity index (χ1n) is 9.70. The van der Waals surface area contributed by atoms with Gasteiger partial charge in [0.15, 0.2) is 11.5 Å². The molecule has 0 radical (unpaired) electrons. The second kappa shape index (κ2) is 6.45. The summed E-state index contributed by atoms with van der Waals surface area (Å²) in [6.45, 7) is 0. The minimum atomic E-state index is 0.353. The van der Waals surface area contributed by atoms with Crippen LogP contribution in [0.15, 0.2) is 47.5 Å². The van der Waals surface area contributed by atoms with Crippen LogP contribution in [0, 0.1) is 0 Å².